The Hall–Kier alpha value is -1.49. The van der Waals surface area contributed by atoms with Crippen molar-refractivity contribution in [2.24, 2.45) is 15.7 Å². The van der Waals surface area contributed by atoms with Gasteiger partial charge < -0.3 is 10.5 Å². The van der Waals surface area contributed by atoms with Crippen LogP contribution < -0.4 is 5.73 Å². The minimum atomic E-state index is -0.483. The monoisotopic (exact) mass is 179 g/mol. The minimum Gasteiger partial charge on any atom is -0.366 e. The Morgan fingerprint density at radius 2 is 2.46 bits per heavy atom. The molecule has 0 aromatic carbocycles. The molecule has 0 aromatic rings. The van der Waals surface area contributed by atoms with E-state index in [4.69, 9.17) is 10.5 Å². The van der Waals surface area contributed by atoms with E-state index in [1.807, 2.05) is 0 Å². The number of dihydropyridines is 1. The summed E-state index contributed by atoms with van der Waals surface area (Å²) in [5.41, 5.74) is 5.49. The molecule has 0 saturated heterocycles. The van der Waals surface area contributed by atoms with Crippen LogP contribution in [0.1, 0.15) is 0 Å². The normalized spacial score (nSPS) is 30.9. The SMILES string of the molecule is NC(=O)C1=CC2N=CCOC2N=C1. The predicted molar refractivity (Wildman–Crippen MR) is 47.8 cm³/mol. The van der Waals surface area contributed by atoms with Crippen LogP contribution in [-0.2, 0) is 9.53 Å². The summed E-state index contributed by atoms with van der Waals surface area (Å²) in [6.45, 7) is 0.470. The third kappa shape index (κ3) is 1.50. The van der Waals surface area contributed by atoms with Crippen molar-refractivity contribution in [3.8, 4) is 0 Å². The Morgan fingerprint density at radius 3 is 3.23 bits per heavy atom. The van der Waals surface area contributed by atoms with Gasteiger partial charge in [0.2, 0.25) is 5.91 Å². The molecule has 68 valence electrons. The average Bonchev–Trinajstić information content (AvgIpc) is 2.17. The van der Waals surface area contributed by atoms with E-state index in [2.05, 4.69) is 9.98 Å². The highest BCUT2D eigenvalue weighted by Crippen LogP contribution is 2.16. The maximum Gasteiger partial charge on any atom is 0.250 e. The Labute approximate surface area is 75.0 Å². The van der Waals surface area contributed by atoms with Crippen molar-refractivity contribution in [3.05, 3.63) is 11.6 Å². The van der Waals surface area contributed by atoms with E-state index in [1.54, 1.807) is 12.3 Å². The smallest absolute Gasteiger partial charge is 0.250 e. The summed E-state index contributed by atoms with van der Waals surface area (Å²) in [7, 11) is 0. The molecule has 0 bridgehead atoms. The van der Waals surface area contributed by atoms with Crippen molar-refractivity contribution in [1.82, 2.24) is 0 Å². The first-order valence-corrected chi connectivity index (χ1v) is 3.95. The van der Waals surface area contributed by atoms with Crippen molar-refractivity contribution in [2.75, 3.05) is 6.61 Å². The highest BCUT2D eigenvalue weighted by Gasteiger charge is 2.25. The molecule has 2 aliphatic heterocycles. The van der Waals surface area contributed by atoms with Gasteiger partial charge in [0.25, 0.3) is 0 Å². The lowest BCUT2D eigenvalue weighted by Gasteiger charge is -2.24. The van der Waals surface area contributed by atoms with Gasteiger partial charge in [-0.25, -0.2) is 0 Å². The molecule has 1 amide bonds. The summed E-state index contributed by atoms with van der Waals surface area (Å²) < 4.78 is 5.27. The zero-order valence-electron chi connectivity index (χ0n) is 6.88. The average molecular weight is 179 g/mol. The van der Waals surface area contributed by atoms with Crippen molar-refractivity contribution >= 4 is 18.3 Å². The van der Waals surface area contributed by atoms with Gasteiger partial charge in [0, 0.05) is 12.4 Å². The number of carbonyl (C=O) groups is 1. The van der Waals surface area contributed by atoms with Crippen molar-refractivity contribution in [1.29, 1.82) is 0 Å². The van der Waals surface area contributed by atoms with E-state index in [1.165, 1.54) is 6.21 Å². The van der Waals surface area contributed by atoms with Crippen LogP contribution in [0.15, 0.2) is 21.6 Å². The van der Waals surface area contributed by atoms with Crippen LogP contribution in [0.5, 0.6) is 0 Å². The highest BCUT2D eigenvalue weighted by atomic mass is 16.5. The van der Waals surface area contributed by atoms with Crippen LogP contribution in [0.25, 0.3) is 0 Å². The Bertz CT molecular complexity index is 319. The van der Waals surface area contributed by atoms with Crippen LogP contribution in [0.4, 0.5) is 0 Å². The summed E-state index contributed by atoms with van der Waals surface area (Å²) >= 11 is 0. The molecule has 2 unspecified atom stereocenters. The van der Waals surface area contributed by atoms with Crippen molar-refractivity contribution in [3.63, 3.8) is 0 Å². The molecule has 0 saturated carbocycles. The van der Waals surface area contributed by atoms with E-state index in [-0.39, 0.29) is 12.3 Å². The van der Waals surface area contributed by atoms with Crippen LogP contribution in [0.2, 0.25) is 0 Å². The largest absolute Gasteiger partial charge is 0.366 e. The molecular weight excluding hydrogens is 170 g/mol. The number of hydrogen-bond donors (Lipinski definition) is 1. The molecule has 0 spiro atoms. The molecule has 0 fully saturated rings. The first-order valence-electron chi connectivity index (χ1n) is 3.95. The number of ether oxygens (including phenoxy) is 1. The summed E-state index contributed by atoms with van der Waals surface area (Å²) in [5.74, 6) is -0.483. The fourth-order valence-electron chi connectivity index (χ4n) is 1.26. The predicted octanol–water partition coefficient (Wildman–Crippen LogP) is -0.722. The molecule has 0 aromatic heterocycles. The highest BCUT2D eigenvalue weighted by molar-refractivity contribution is 6.11. The first-order chi connectivity index (χ1) is 6.27. The van der Waals surface area contributed by atoms with E-state index < -0.39 is 5.91 Å². The quantitative estimate of drug-likeness (QED) is 0.576. The molecule has 2 atom stereocenters. The molecular formula is C8H9N3O2. The molecule has 5 heteroatoms. The zero-order chi connectivity index (χ0) is 9.26. The lowest BCUT2D eigenvalue weighted by molar-refractivity contribution is -0.114. The van der Waals surface area contributed by atoms with Crippen molar-refractivity contribution < 1.29 is 9.53 Å². The molecule has 2 N–H and O–H groups in total. The van der Waals surface area contributed by atoms with Gasteiger partial charge in [-0.15, -0.1) is 0 Å². The van der Waals surface area contributed by atoms with Gasteiger partial charge in [-0.2, -0.15) is 0 Å². The number of nitrogens with zero attached hydrogens (tertiary/aromatic N) is 2. The van der Waals surface area contributed by atoms with Crippen molar-refractivity contribution in [2.45, 2.75) is 12.3 Å². The Kier molecular flexibility index (Phi) is 1.94. The number of aliphatic imine (C=N–C) groups is 2. The van der Waals surface area contributed by atoms with Crippen LogP contribution >= 0.6 is 0 Å². The van der Waals surface area contributed by atoms with E-state index in [0.29, 0.717) is 12.2 Å². The number of hydrogen-bond acceptors (Lipinski definition) is 4. The molecule has 2 heterocycles. The molecule has 0 radical (unpaired) electrons. The summed E-state index contributed by atoms with van der Waals surface area (Å²) in [6.07, 6.45) is 4.49. The zero-order valence-corrected chi connectivity index (χ0v) is 6.88. The summed E-state index contributed by atoms with van der Waals surface area (Å²) in [6, 6.07) is -0.193. The Balaban J connectivity index is 2.24. The molecule has 0 aliphatic carbocycles. The standard InChI is InChI=1S/C8H9N3O2/c9-7(12)5-3-6-8(11-4-5)13-2-1-10-6/h1,3-4,6,8H,2H2,(H2,9,12). The van der Waals surface area contributed by atoms with E-state index >= 15 is 0 Å². The lowest BCUT2D eigenvalue weighted by Crippen LogP contribution is -2.33. The number of primary amides is 1. The fraction of sp³-hybridized carbons (Fsp3) is 0.375. The van der Waals surface area contributed by atoms with Gasteiger partial charge in [0.15, 0.2) is 6.23 Å². The van der Waals surface area contributed by atoms with Gasteiger partial charge in [0.05, 0.1) is 12.2 Å². The minimum absolute atomic E-state index is 0.193. The third-order valence-electron chi connectivity index (χ3n) is 1.91. The summed E-state index contributed by atoms with van der Waals surface area (Å²) in [5, 5.41) is 0. The van der Waals surface area contributed by atoms with Crippen LogP contribution in [0, 0.1) is 0 Å². The van der Waals surface area contributed by atoms with E-state index in [0.717, 1.165) is 0 Å². The lowest BCUT2D eigenvalue weighted by atomic mass is 10.1. The number of rotatable bonds is 1. The van der Waals surface area contributed by atoms with Gasteiger partial charge in [-0.3, -0.25) is 14.8 Å². The maximum atomic E-state index is 10.8. The number of carbonyl (C=O) groups excluding carboxylic acids is 1. The maximum absolute atomic E-state index is 10.8. The number of nitrogens with two attached hydrogens (primary N) is 1. The summed E-state index contributed by atoms with van der Waals surface area (Å²) in [4.78, 5) is 19.0. The van der Waals surface area contributed by atoms with Gasteiger partial charge in [-0.05, 0) is 6.08 Å². The third-order valence-corrected chi connectivity index (χ3v) is 1.91. The van der Waals surface area contributed by atoms with Crippen LogP contribution in [0.3, 0.4) is 0 Å². The second kappa shape index (κ2) is 3.10. The topological polar surface area (TPSA) is 77.0 Å². The Morgan fingerprint density at radius 1 is 1.62 bits per heavy atom. The second-order valence-corrected chi connectivity index (χ2v) is 2.81. The second-order valence-electron chi connectivity index (χ2n) is 2.81. The molecule has 13 heavy (non-hydrogen) atoms. The molecule has 5 nitrogen and oxygen atoms in total. The first kappa shape index (κ1) is 8.12. The number of fused-ring (bicyclic) bond motifs is 1. The van der Waals surface area contributed by atoms with Gasteiger partial charge in [0.1, 0.15) is 6.04 Å². The van der Waals surface area contributed by atoms with Gasteiger partial charge >= 0.3 is 0 Å². The number of amides is 1. The van der Waals surface area contributed by atoms with Gasteiger partial charge in [-0.1, -0.05) is 0 Å². The molecule has 2 aliphatic rings. The van der Waals surface area contributed by atoms with E-state index in [9.17, 15) is 4.79 Å². The van der Waals surface area contributed by atoms with Crippen LogP contribution in [-0.4, -0.2) is 37.2 Å². The molecule has 2 rings (SSSR count). The fourth-order valence-corrected chi connectivity index (χ4v) is 1.26.